The number of unbranched alkanes of at least 4 members (excludes halogenated alkanes) is 1. The summed E-state index contributed by atoms with van der Waals surface area (Å²) in [6, 6.07) is 0.363. The molecule has 0 radical (unpaired) electrons. The highest BCUT2D eigenvalue weighted by molar-refractivity contribution is 5.77. The molecule has 0 spiro atoms. The summed E-state index contributed by atoms with van der Waals surface area (Å²) in [6.07, 6.45) is 3.72. The minimum Gasteiger partial charge on any atom is -0.476 e. The fourth-order valence-electron chi connectivity index (χ4n) is 1.13. The second-order valence-corrected chi connectivity index (χ2v) is 3.19. The zero-order valence-corrected chi connectivity index (χ0v) is 7.63. The van der Waals surface area contributed by atoms with E-state index in [0.29, 0.717) is 12.1 Å². The van der Waals surface area contributed by atoms with Gasteiger partial charge in [-0.25, -0.2) is 4.99 Å². The first-order chi connectivity index (χ1) is 5.24. The molecule has 1 aliphatic rings. The first-order valence-electron chi connectivity index (χ1n) is 4.47. The monoisotopic (exact) mass is 155 g/mol. The molecule has 0 saturated carbocycles. The molecule has 0 bridgehead atoms. The molecule has 0 aromatic rings. The van der Waals surface area contributed by atoms with Crippen LogP contribution in [-0.4, -0.2) is 18.0 Å². The average Bonchev–Trinajstić information content (AvgIpc) is 2.28. The molecule has 1 rings (SSSR count). The molecular weight excluding hydrogens is 138 g/mol. The zero-order chi connectivity index (χ0) is 8.27. The highest BCUT2D eigenvalue weighted by Crippen LogP contribution is 2.15. The van der Waals surface area contributed by atoms with Crippen molar-refractivity contribution in [3.05, 3.63) is 0 Å². The van der Waals surface area contributed by atoms with Crippen LogP contribution >= 0.6 is 0 Å². The summed E-state index contributed by atoms with van der Waals surface area (Å²) in [5, 5.41) is 0. The SMILES string of the molecule is CCCCC1=NC(C)C(C)O1. The Morgan fingerprint density at radius 3 is 2.64 bits per heavy atom. The van der Waals surface area contributed by atoms with E-state index < -0.39 is 0 Å². The van der Waals surface area contributed by atoms with Crippen LogP contribution in [0.2, 0.25) is 0 Å². The molecule has 11 heavy (non-hydrogen) atoms. The van der Waals surface area contributed by atoms with E-state index in [1.54, 1.807) is 0 Å². The summed E-state index contributed by atoms with van der Waals surface area (Å²) in [7, 11) is 0. The van der Waals surface area contributed by atoms with Crippen molar-refractivity contribution in [2.75, 3.05) is 0 Å². The Labute approximate surface area is 68.7 Å². The number of nitrogens with zero attached hydrogens (tertiary/aromatic N) is 1. The normalized spacial score (nSPS) is 29.9. The number of aliphatic imine (C=N–C) groups is 1. The van der Waals surface area contributed by atoms with E-state index in [4.69, 9.17) is 4.74 Å². The molecule has 0 N–H and O–H groups in total. The van der Waals surface area contributed by atoms with Gasteiger partial charge in [-0.15, -0.1) is 0 Å². The molecule has 0 saturated heterocycles. The summed E-state index contributed by atoms with van der Waals surface area (Å²) >= 11 is 0. The van der Waals surface area contributed by atoms with Crippen molar-refractivity contribution in [2.24, 2.45) is 4.99 Å². The molecule has 0 fully saturated rings. The summed E-state index contributed by atoms with van der Waals surface area (Å²) in [5.41, 5.74) is 0. The Morgan fingerprint density at radius 1 is 1.45 bits per heavy atom. The lowest BCUT2D eigenvalue weighted by Crippen LogP contribution is -2.14. The Balaban J connectivity index is 2.31. The van der Waals surface area contributed by atoms with Crippen LogP contribution < -0.4 is 0 Å². The van der Waals surface area contributed by atoms with E-state index in [9.17, 15) is 0 Å². The number of hydrogen-bond donors (Lipinski definition) is 0. The van der Waals surface area contributed by atoms with E-state index in [1.165, 1.54) is 12.8 Å². The zero-order valence-electron chi connectivity index (χ0n) is 7.63. The summed E-state index contributed by atoms with van der Waals surface area (Å²) in [4.78, 5) is 4.40. The van der Waals surface area contributed by atoms with Crippen molar-refractivity contribution >= 4 is 5.90 Å². The van der Waals surface area contributed by atoms with Crippen molar-refractivity contribution in [3.8, 4) is 0 Å². The van der Waals surface area contributed by atoms with Gasteiger partial charge in [0, 0.05) is 6.42 Å². The third kappa shape index (κ3) is 2.21. The topological polar surface area (TPSA) is 21.6 Å². The summed E-state index contributed by atoms with van der Waals surface area (Å²) in [5.74, 6) is 0.965. The molecule has 1 heterocycles. The largest absolute Gasteiger partial charge is 0.476 e. The van der Waals surface area contributed by atoms with Crippen molar-refractivity contribution < 1.29 is 4.74 Å². The van der Waals surface area contributed by atoms with E-state index >= 15 is 0 Å². The van der Waals surface area contributed by atoms with Gasteiger partial charge in [0.1, 0.15) is 6.10 Å². The second kappa shape index (κ2) is 3.74. The Hall–Kier alpha value is -0.530. The van der Waals surface area contributed by atoms with Crippen LogP contribution in [-0.2, 0) is 4.74 Å². The lowest BCUT2D eigenvalue weighted by molar-refractivity contribution is 0.213. The summed E-state index contributed by atoms with van der Waals surface area (Å²) < 4.78 is 5.53. The molecule has 0 aromatic carbocycles. The van der Waals surface area contributed by atoms with Crippen LogP contribution in [0.5, 0.6) is 0 Å². The van der Waals surface area contributed by atoms with Crippen LogP contribution in [0, 0.1) is 0 Å². The van der Waals surface area contributed by atoms with Crippen LogP contribution in [0.15, 0.2) is 4.99 Å². The molecule has 2 nitrogen and oxygen atoms in total. The van der Waals surface area contributed by atoms with Crippen molar-refractivity contribution in [1.29, 1.82) is 0 Å². The predicted molar refractivity (Wildman–Crippen MR) is 47.0 cm³/mol. The minimum atomic E-state index is 0.293. The third-order valence-electron chi connectivity index (χ3n) is 2.09. The molecule has 2 heteroatoms. The Morgan fingerprint density at radius 2 is 2.18 bits per heavy atom. The van der Waals surface area contributed by atoms with Crippen molar-refractivity contribution in [3.63, 3.8) is 0 Å². The van der Waals surface area contributed by atoms with Gasteiger partial charge in [-0.3, -0.25) is 0 Å². The molecular formula is C9H17NO. The van der Waals surface area contributed by atoms with Gasteiger partial charge in [-0.1, -0.05) is 13.3 Å². The molecule has 0 amide bonds. The van der Waals surface area contributed by atoms with Gasteiger partial charge in [0.25, 0.3) is 0 Å². The van der Waals surface area contributed by atoms with Gasteiger partial charge in [0.2, 0.25) is 0 Å². The smallest absolute Gasteiger partial charge is 0.183 e. The van der Waals surface area contributed by atoms with Crippen LogP contribution in [0.4, 0.5) is 0 Å². The lowest BCUT2D eigenvalue weighted by atomic mass is 10.2. The maximum Gasteiger partial charge on any atom is 0.183 e. The number of ether oxygens (including phenoxy) is 1. The highest BCUT2D eigenvalue weighted by Gasteiger charge is 2.21. The van der Waals surface area contributed by atoms with Gasteiger partial charge in [0.05, 0.1) is 6.04 Å². The summed E-state index contributed by atoms with van der Waals surface area (Å²) in [6.45, 7) is 6.36. The van der Waals surface area contributed by atoms with Gasteiger partial charge in [-0.05, 0) is 20.3 Å². The first-order valence-corrected chi connectivity index (χ1v) is 4.47. The maximum absolute atomic E-state index is 5.53. The van der Waals surface area contributed by atoms with Crippen LogP contribution in [0.3, 0.4) is 0 Å². The predicted octanol–water partition coefficient (Wildman–Crippen LogP) is 2.38. The van der Waals surface area contributed by atoms with Gasteiger partial charge >= 0.3 is 0 Å². The Kier molecular flexibility index (Phi) is 2.92. The molecule has 0 aromatic heterocycles. The molecule has 0 aliphatic carbocycles. The fraction of sp³-hybridized carbons (Fsp3) is 0.889. The van der Waals surface area contributed by atoms with Crippen molar-refractivity contribution in [2.45, 2.75) is 52.2 Å². The van der Waals surface area contributed by atoms with E-state index in [0.717, 1.165) is 12.3 Å². The lowest BCUT2D eigenvalue weighted by Gasteiger charge is -2.06. The Bertz CT molecular complexity index is 154. The number of rotatable bonds is 3. The quantitative estimate of drug-likeness (QED) is 0.613. The van der Waals surface area contributed by atoms with Crippen LogP contribution in [0.1, 0.15) is 40.0 Å². The van der Waals surface area contributed by atoms with E-state index in [1.807, 2.05) is 0 Å². The minimum absolute atomic E-state index is 0.293. The number of hydrogen-bond acceptors (Lipinski definition) is 2. The van der Waals surface area contributed by atoms with Gasteiger partial charge in [0.15, 0.2) is 5.90 Å². The first kappa shape index (κ1) is 8.57. The van der Waals surface area contributed by atoms with Gasteiger partial charge in [-0.2, -0.15) is 0 Å². The molecule has 1 aliphatic heterocycles. The van der Waals surface area contributed by atoms with Crippen molar-refractivity contribution in [1.82, 2.24) is 0 Å². The standard InChI is InChI=1S/C9H17NO/c1-4-5-6-9-10-7(2)8(3)11-9/h7-8H,4-6H2,1-3H3. The molecule has 2 unspecified atom stereocenters. The van der Waals surface area contributed by atoms with E-state index in [2.05, 4.69) is 25.8 Å². The maximum atomic E-state index is 5.53. The van der Waals surface area contributed by atoms with Crippen LogP contribution in [0.25, 0.3) is 0 Å². The third-order valence-corrected chi connectivity index (χ3v) is 2.09. The molecule has 64 valence electrons. The average molecular weight is 155 g/mol. The second-order valence-electron chi connectivity index (χ2n) is 3.19. The molecule has 2 atom stereocenters. The van der Waals surface area contributed by atoms with Gasteiger partial charge < -0.3 is 4.74 Å². The van der Waals surface area contributed by atoms with E-state index in [-0.39, 0.29) is 0 Å². The fourth-order valence-corrected chi connectivity index (χ4v) is 1.13. The highest BCUT2D eigenvalue weighted by atomic mass is 16.5.